The van der Waals surface area contributed by atoms with Gasteiger partial charge in [-0.2, -0.15) is 13.5 Å². The first-order valence-corrected chi connectivity index (χ1v) is 15.3. The molecule has 196 valence electrons. The molecular weight excluding hydrogens is 553 g/mol. The zero-order valence-electron chi connectivity index (χ0n) is 20.4. The van der Waals surface area contributed by atoms with Crippen LogP contribution in [0.1, 0.15) is 12.0 Å². The lowest BCUT2D eigenvalue weighted by molar-refractivity contribution is -0.116. The molecule has 0 saturated carbocycles. The fourth-order valence-electron chi connectivity index (χ4n) is 4.58. The molecule has 2 aliphatic rings. The van der Waals surface area contributed by atoms with E-state index in [2.05, 4.69) is 0 Å². The number of thioether (sulfide) groups is 1. The lowest BCUT2D eigenvalue weighted by Crippen LogP contribution is -2.53. The van der Waals surface area contributed by atoms with Gasteiger partial charge in [-0.05, 0) is 42.0 Å². The van der Waals surface area contributed by atoms with Gasteiger partial charge in [-0.1, -0.05) is 89.9 Å². The van der Waals surface area contributed by atoms with Crippen molar-refractivity contribution in [3.8, 4) is 0 Å². The number of hydrazone groups is 1. The summed E-state index contributed by atoms with van der Waals surface area (Å²) in [7, 11) is -4.44. The van der Waals surface area contributed by atoms with E-state index in [1.807, 2.05) is 78.9 Å². The Morgan fingerprint density at radius 2 is 1.72 bits per heavy atom. The van der Waals surface area contributed by atoms with Crippen LogP contribution in [-0.4, -0.2) is 40.3 Å². The number of carbonyl (C=O) groups is 1. The van der Waals surface area contributed by atoms with Crippen LogP contribution >= 0.6 is 23.1 Å². The van der Waals surface area contributed by atoms with Crippen molar-refractivity contribution in [2.24, 2.45) is 5.10 Å². The molecule has 4 aromatic rings. The number of nitrogens with zero attached hydrogens (tertiary/aromatic N) is 4. The van der Waals surface area contributed by atoms with Crippen LogP contribution in [0.4, 0.5) is 10.8 Å². The average molecular weight is 575 g/mol. The van der Waals surface area contributed by atoms with E-state index in [4.69, 9.17) is 10.1 Å². The SMILES string of the molecule is O=C1CSC2(CC(C=CC=Cc3ccccc3)=NN2c2cccc(S(=O)(=O)O)c2)N1c1nc2ccccc2s1. The summed E-state index contributed by atoms with van der Waals surface area (Å²) >= 11 is 2.84. The van der Waals surface area contributed by atoms with Gasteiger partial charge in [0, 0.05) is 6.42 Å². The number of fused-ring (bicyclic) bond motifs is 1. The summed E-state index contributed by atoms with van der Waals surface area (Å²) in [5.41, 5.74) is 3.00. The van der Waals surface area contributed by atoms with Gasteiger partial charge in [0.1, 0.15) is 0 Å². The Kier molecular flexibility index (Phi) is 6.59. The molecule has 1 amide bonds. The number of benzene rings is 3. The van der Waals surface area contributed by atoms with Crippen LogP contribution in [0.5, 0.6) is 0 Å². The monoisotopic (exact) mass is 574 g/mol. The van der Waals surface area contributed by atoms with Gasteiger partial charge >= 0.3 is 0 Å². The zero-order chi connectivity index (χ0) is 27.0. The molecule has 3 heterocycles. The number of aromatic nitrogens is 1. The molecule has 1 N–H and O–H groups in total. The van der Waals surface area contributed by atoms with Crippen LogP contribution in [0.2, 0.25) is 0 Å². The minimum atomic E-state index is -4.44. The van der Waals surface area contributed by atoms with Crippen molar-refractivity contribution in [2.45, 2.75) is 16.3 Å². The van der Waals surface area contributed by atoms with Gasteiger partial charge in [0.2, 0.25) is 5.91 Å². The third kappa shape index (κ3) is 4.89. The molecule has 1 aromatic heterocycles. The molecular formula is C28H22N4O4S3. The van der Waals surface area contributed by atoms with Crippen molar-refractivity contribution >= 4 is 71.9 Å². The number of thiazole rings is 1. The molecule has 1 fully saturated rings. The molecule has 0 radical (unpaired) electrons. The Bertz CT molecular complexity index is 1730. The number of amides is 1. The fraction of sp³-hybridized carbons (Fsp3) is 0.107. The summed E-state index contributed by atoms with van der Waals surface area (Å²) in [5, 5.41) is 7.06. The van der Waals surface area contributed by atoms with E-state index in [9.17, 15) is 17.8 Å². The maximum Gasteiger partial charge on any atom is 0.294 e. The molecule has 8 nitrogen and oxygen atoms in total. The number of allylic oxidation sites excluding steroid dienone is 3. The number of hydrogen-bond donors (Lipinski definition) is 1. The van der Waals surface area contributed by atoms with E-state index < -0.39 is 15.1 Å². The Labute approximate surface area is 233 Å². The highest BCUT2D eigenvalue weighted by Crippen LogP contribution is 2.51. The normalized spacial score (nSPS) is 19.8. The highest BCUT2D eigenvalue weighted by Gasteiger charge is 2.56. The van der Waals surface area contributed by atoms with Gasteiger partial charge in [-0.3, -0.25) is 14.2 Å². The summed E-state index contributed by atoms with van der Waals surface area (Å²) in [6.07, 6.45) is 8.06. The summed E-state index contributed by atoms with van der Waals surface area (Å²) in [6.45, 7) is 0. The zero-order valence-corrected chi connectivity index (χ0v) is 22.9. The second-order valence-corrected chi connectivity index (χ2v) is 12.6. The smallest absolute Gasteiger partial charge is 0.282 e. The van der Waals surface area contributed by atoms with Gasteiger partial charge in [-0.25, -0.2) is 9.99 Å². The van der Waals surface area contributed by atoms with Crippen LogP contribution in [0.15, 0.2) is 107 Å². The number of carbonyl (C=O) groups excluding carboxylic acids is 1. The van der Waals surface area contributed by atoms with E-state index in [1.165, 1.54) is 35.2 Å². The van der Waals surface area contributed by atoms with Crippen molar-refractivity contribution in [1.82, 2.24) is 4.98 Å². The van der Waals surface area contributed by atoms with E-state index in [-0.39, 0.29) is 16.6 Å². The number of para-hydroxylation sites is 1. The molecule has 1 atom stereocenters. The molecule has 1 unspecified atom stereocenters. The molecule has 2 aliphatic heterocycles. The second kappa shape index (κ2) is 10.1. The third-order valence-electron chi connectivity index (χ3n) is 6.32. The van der Waals surface area contributed by atoms with Crippen molar-refractivity contribution in [3.63, 3.8) is 0 Å². The molecule has 1 spiro atoms. The first-order chi connectivity index (χ1) is 18.8. The summed E-state index contributed by atoms with van der Waals surface area (Å²) in [5.74, 6) is 0.101. The summed E-state index contributed by atoms with van der Waals surface area (Å²) in [6, 6.07) is 23.5. The highest BCUT2D eigenvalue weighted by atomic mass is 32.2. The molecule has 3 aromatic carbocycles. The Hall–Kier alpha value is -3.77. The molecule has 0 aliphatic carbocycles. The Balaban J connectivity index is 1.42. The maximum absolute atomic E-state index is 13.4. The number of hydrogen-bond acceptors (Lipinski definition) is 8. The van der Waals surface area contributed by atoms with Crippen LogP contribution in [-0.2, 0) is 14.9 Å². The van der Waals surface area contributed by atoms with E-state index in [1.54, 1.807) is 22.0 Å². The van der Waals surface area contributed by atoms with Crippen molar-refractivity contribution in [1.29, 1.82) is 0 Å². The van der Waals surface area contributed by atoms with Gasteiger partial charge in [0.15, 0.2) is 10.1 Å². The van der Waals surface area contributed by atoms with Gasteiger partial charge in [0.05, 0.1) is 32.3 Å². The van der Waals surface area contributed by atoms with Gasteiger partial charge < -0.3 is 0 Å². The van der Waals surface area contributed by atoms with E-state index in [0.717, 1.165) is 15.8 Å². The van der Waals surface area contributed by atoms with E-state index in [0.29, 0.717) is 23.0 Å². The van der Waals surface area contributed by atoms with Gasteiger partial charge in [0.25, 0.3) is 10.1 Å². The minimum Gasteiger partial charge on any atom is -0.282 e. The lowest BCUT2D eigenvalue weighted by atomic mass is 10.1. The summed E-state index contributed by atoms with van der Waals surface area (Å²) < 4.78 is 34.5. The Morgan fingerprint density at radius 3 is 2.51 bits per heavy atom. The standard InChI is InChI=1S/C28H22N4O4S3/c33-26-19-37-28(31(26)27-29-24-15-6-7-16-25(24)38-27)18-21(12-5-4-11-20-9-2-1-3-10-20)30-32(28)22-13-8-14-23(17-22)39(34,35)36/h1-17H,18-19H2,(H,34,35,36). The second-order valence-electron chi connectivity index (χ2n) is 8.91. The average Bonchev–Trinajstić information content (AvgIpc) is 3.61. The number of rotatable bonds is 6. The largest absolute Gasteiger partial charge is 0.294 e. The molecule has 6 rings (SSSR count). The third-order valence-corrected chi connectivity index (χ3v) is 9.54. The highest BCUT2D eigenvalue weighted by molar-refractivity contribution is 8.02. The molecule has 11 heteroatoms. The topological polar surface area (TPSA) is 103 Å². The quantitative estimate of drug-likeness (QED) is 0.229. The predicted octanol–water partition coefficient (Wildman–Crippen LogP) is 5.81. The lowest BCUT2D eigenvalue weighted by Gasteiger charge is -2.39. The first kappa shape index (κ1) is 25.5. The first-order valence-electron chi connectivity index (χ1n) is 12.0. The molecule has 0 bridgehead atoms. The summed E-state index contributed by atoms with van der Waals surface area (Å²) in [4.78, 5) is 18.5. The Morgan fingerprint density at radius 1 is 0.949 bits per heavy atom. The number of anilines is 2. The fourth-order valence-corrected chi connectivity index (χ4v) is 7.52. The van der Waals surface area contributed by atoms with E-state index >= 15 is 0 Å². The maximum atomic E-state index is 13.4. The minimum absolute atomic E-state index is 0.112. The molecule has 39 heavy (non-hydrogen) atoms. The van der Waals surface area contributed by atoms with Crippen LogP contribution in [0.25, 0.3) is 16.3 Å². The van der Waals surface area contributed by atoms with Crippen molar-refractivity contribution < 1.29 is 17.8 Å². The predicted molar refractivity (Wildman–Crippen MR) is 158 cm³/mol. The van der Waals surface area contributed by atoms with Crippen LogP contribution < -0.4 is 9.91 Å². The molecule has 1 saturated heterocycles. The van der Waals surface area contributed by atoms with Crippen molar-refractivity contribution in [3.05, 3.63) is 103 Å². The van der Waals surface area contributed by atoms with Crippen LogP contribution in [0.3, 0.4) is 0 Å². The van der Waals surface area contributed by atoms with Crippen molar-refractivity contribution in [2.75, 3.05) is 15.7 Å². The van der Waals surface area contributed by atoms with Crippen LogP contribution in [0, 0.1) is 0 Å². The van der Waals surface area contributed by atoms with Gasteiger partial charge in [-0.15, -0.1) is 0 Å².